The lowest BCUT2D eigenvalue weighted by Crippen LogP contribution is -2.30. The minimum atomic E-state index is -0.360. The van der Waals surface area contributed by atoms with Crippen LogP contribution in [0.1, 0.15) is 6.42 Å². The standard InChI is InChI=1S/C9H17N5O2/c1-16-4-6(2-3-10)14-8-7(11)9(15)13-5-12-8/h5-6H,2-4,10-11H2,1H3,(H2,12,13,14,15). The molecule has 0 aliphatic heterocycles. The van der Waals surface area contributed by atoms with E-state index in [0.29, 0.717) is 25.4 Å². The Kier molecular flexibility index (Phi) is 4.74. The number of ether oxygens (including phenoxy) is 1. The highest BCUT2D eigenvalue weighted by Crippen LogP contribution is 2.10. The highest BCUT2D eigenvalue weighted by Gasteiger charge is 2.11. The van der Waals surface area contributed by atoms with E-state index < -0.39 is 0 Å². The van der Waals surface area contributed by atoms with Gasteiger partial charge in [0, 0.05) is 7.11 Å². The molecule has 0 spiro atoms. The number of nitrogen functional groups attached to an aromatic ring is 1. The van der Waals surface area contributed by atoms with Gasteiger partial charge in [-0.1, -0.05) is 0 Å². The number of nitrogens with one attached hydrogen (secondary N) is 2. The maximum atomic E-state index is 11.2. The maximum Gasteiger partial charge on any atom is 0.276 e. The molecule has 0 bridgehead atoms. The van der Waals surface area contributed by atoms with E-state index in [1.165, 1.54) is 6.33 Å². The lowest BCUT2D eigenvalue weighted by Gasteiger charge is -2.18. The summed E-state index contributed by atoms with van der Waals surface area (Å²) < 4.78 is 5.03. The van der Waals surface area contributed by atoms with Crippen LogP contribution >= 0.6 is 0 Å². The molecule has 0 saturated heterocycles. The summed E-state index contributed by atoms with van der Waals surface area (Å²) in [4.78, 5) is 17.6. The number of hydrogen-bond donors (Lipinski definition) is 4. The molecule has 6 N–H and O–H groups in total. The third kappa shape index (κ3) is 3.21. The molecular weight excluding hydrogens is 210 g/mol. The average Bonchev–Trinajstić information content (AvgIpc) is 2.25. The number of nitrogens with zero attached hydrogens (tertiary/aromatic N) is 1. The van der Waals surface area contributed by atoms with Gasteiger partial charge in [0.2, 0.25) is 0 Å². The Morgan fingerprint density at radius 1 is 1.69 bits per heavy atom. The van der Waals surface area contributed by atoms with Crippen LogP contribution in [0.3, 0.4) is 0 Å². The molecule has 1 aromatic rings. The van der Waals surface area contributed by atoms with Crippen LogP contribution in [0.15, 0.2) is 11.1 Å². The Hall–Kier alpha value is -1.60. The number of rotatable bonds is 6. The summed E-state index contributed by atoms with van der Waals surface area (Å²) in [6, 6.07) is -0.00778. The van der Waals surface area contributed by atoms with E-state index in [1.54, 1.807) is 7.11 Å². The maximum absolute atomic E-state index is 11.2. The van der Waals surface area contributed by atoms with Gasteiger partial charge in [0.05, 0.1) is 19.0 Å². The van der Waals surface area contributed by atoms with Crippen molar-refractivity contribution in [1.29, 1.82) is 0 Å². The lowest BCUT2D eigenvalue weighted by molar-refractivity contribution is 0.183. The first-order chi connectivity index (χ1) is 7.69. The summed E-state index contributed by atoms with van der Waals surface area (Å²) >= 11 is 0. The number of anilines is 2. The minimum absolute atomic E-state index is 0.00778. The number of H-pyrrole nitrogens is 1. The van der Waals surface area contributed by atoms with E-state index in [-0.39, 0.29) is 17.3 Å². The predicted octanol–water partition coefficient (Wildman–Crippen LogP) is -0.872. The topological polar surface area (TPSA) is 119 Å². The molecule has 1 rings (SSSR count). The number of aromatic amines is 1. The number of methoxy groups -OCH3 is 1. The summed E-state index contributed by atoms with van der Waals surface area (Å²) in [5, 5.41) is 3.03. The molecule has 7 heteroatoms. The van der Waals surface area contributed by atoms with Gasteiger partial charge in [0.1, 0.15) is 5.69 Å². The third-order valence-electron chi connectivity index (χ3n) is 2.11. The highest BCUT2D eigenvalue weighted by atomic mass is 16.5. The van der Waals surface area contributed by atoms with Crippen LogP contribution in [0.2, 0.25) is 0 Å². The second kappa shape index (κ2) is 6.09. The average molecular weight is 227 g/mol. The van der Waals surface area contributed by atoms with Crippen molar-refractivity contribution >= 4 is 11.5 Å². The summed E-state index contributed by atoms with van der Waals surface area (Å²) in [5.74, 6) is 0.360. The third-order valence-corrected chi connectivity index (χ3v) is 2.11. The second-order valence-corrected chi connectivity index (χ2v) is 3.37. The SMILES string of the molecule is COCC(CCN)Nc1nc[nH]c(=O)c1N. The zero-order chi connectivity index (χ0) is 12.0. The molecule has 90 valence electrons. The van der Waals surface area contributed by atoms with Gasteiger partial charge in [-0.25, -0.2) is 4.98 Å². The molecule has 0 radical (unpaired) electrons. The zero-order valence-corrected chi connectivity index (χ0v) is 9.19. The quantitative estimate of drug-likeness (QED) is 0.501. The van der Waals surface area contributed by atoms with Crippen LogP contribution in [0.5, 0.6) is 0 Å². The molecule has 1 heterocycles. The van der Waals surface area contributed by atoms with Crippen molar-refractivity contribution in [3.8, 4) is 0 Å². The van der Waals surface area contributed by atoms with E-state index in [0.717, 1.165) is 0 Å². The van der Waals surface area contributed by atoms with Crippen molar-refractivity contribution in [3.05, 3.63) is 16.7 Å². The van der Waals surface area contributed by atoms with Crippen molar-refractivity contribution < 1.29 is 4.74 Å². The van der Waals surface area contributed by atoms with Gasteiger partial charge >= 0.3 is 0 Å². The van der Waals surface area contributed by atoms with Crippen molar-refractivity contribution in [3.63, 3.8) is 0 Å². The number of nitrogens with two attached hydrogens (primary N) is 2. The van der Waals surface area contributed by atoms with Gasteiger partial charge in [0.25, 0.3) is 5.56 Å². The predicted molar refractivity (Wildman–Crippen MR) is 62.2 cm³/mol. The van der Waals surface area contributed by atoms with Crippen LogP contribution in [0.25, 0.3) is 0 Å². The van der Waals surface area contributed by atoms with Crippen LogP contribution < -0.4 is 22.3 Å². The largest absolute Gasteiger partial charge is 0.391 e. The fourth-order valence-corrected chi connectivity index (χ4v) is 1.32. The smallest absolute Gasteiger partial charge is 0.276 e. The minimum Gasteiger partial charge on any atom is -0.391 e. The molecule has 1 unspecified atom stereocenters. The van der Waals surface area contributed by atoms with Crippen LogP contribution in [0.4, 0.5) is 11.5 Å². The number of hydrogen-bond acceptors (Lipinski definition) is 6. The normalized spacial score (nSPS) is 12.4. The monoisotopic (exact) mass is 227 g/mol. The van der Waals surface area contributed by atoms with Gasteiger partial charge in [-0.05, 0) is 13.0 Å². The molecule has 0 aromatic carbocycles. The fraction of sp³-hybridized carbons (Fsp3) is 0.556. The highest BCUT2D eigenvalue weighted by molar-refractivity contribution is 5.59. The first-order valence-electron chi connectivity index (χ1n) is 4.97. The Balaban J connectivity index is 2.76. The molecule has 7 nitrogen and oxygen atoms in total. The molecule has 0 amide bonds. The molecule has 1 atom stereocenters. The van der Waals surface area contributed by atoms with E-state index in [9.17, 15) is 4.79 Å². The molecule has 16 heavy (non-hydrogen) atoms. The van der Waals surface area contributed by atoms with Gasteiger partial charge < -0.3 is 26.5 Å². The summed E-state index contributed by atoms with van der Waals surface area (Å²) in [6.07, 6.45) is 2.01. The van der Waals surface area contributed by atoms with Crippen molar-refractivity contribution in [2.45, 2.75) is 12.5 Å². The molecule has 0 aliphatic carbocycles. The van der Waals surface area contributed by atoms with Crippen molar-refractivity contribution in [2.75, 3.05) is 31.3 Å². The first kappa shape index (κ1) is 12.5. The van der Waals surface area contributed by atoms with Crippen molar-refractivity contribution in [1.82, 2.24) is 9.97 Å². The van der Waals surface area contributed by atoms with Gasteiger partial charge in [-0.15, -0.1) is 0 Å². The van der Waals surface area contributed by atoms with E-state index >= 15 is 0 Å². The fourth-order valence-electron chi connectivity index (χ4n) is 1.32. The lowest BCUT2D eigenvalue weighted by atomic mass is 10.2. The van der Waals surface area contributed by atoms with E-state index in [2.05, 4.69) is 15.3 Å². The Morgan fingerprint density at radius 2 is 2.44 bits per heavy atom. The summed E-state index contributed by atoms with van der Waals surface area (Å²) in [5.41, 5.74) is 10.8. The first-order valence-corrected chi connectivity index (χ1v) is 4.97. The van der Waals surface area contributed by atoms with Crippen molar-refractivity contribution in [2.24, 2.45) is 5.73 Å². The molecular formula is C9H17N5O2. The summed E-state index contributed by atoms with van der Waals surface area (Å²) in [6.45, 7) is 0.995. The van der Waals surface area contributed by atoms with Crippen LogP contribution in [0, 0.1) is 0 Å². The Morgan fingerprint density at radius 3 is 3.06 bits per heavy atom. The second-order valence-electron chi connectivity index (χ2n) is 3.37. The zero-order valence-electron chi connectivity index (χ0n) is 9.19. The Bertz CT molecular complexity index is 372. The van der Waals surface area contributed by atoms with E-state index in [1.807, 2.05) is 0 Å². The number of aromatic nitrogens is 2. The molecule has 0 saturated carbocycles. The summed E-state index contributed by atoms with van der Waals surface area (Å²) in [7, 11) is 1.60. The van der Waals surface area contributed by atoms with Gasteiger partial charge in [-0.3, -0.25) is 4.79 Å². The van der Waals surface area contributed by atoms with E-state index in [4.69, 9.17) is 16.2 Å². The molecule has 0 fully saturated rings. The van der Waals surface area contributed by atoms with Crippen LogP contribution in [-0.4, -0.2) is 36.3 Å². The Labute approximate surface area is 93.2 Å². The van der Waals surface area contributed by atoms with Gasteiger partial charge in [0.15, 0.2) is 5.82 Å². The van der Waals surface area contributed by atoms with Crippen LogP contribution in [-0.2, 0) is 4.74 Å². The molecule has 0 aliphatic rings. The molecule has 1 aromatic heterocycles. The van der Waals surface area contributed by atoms with Gasteiger partial charge in [-0.2, -0.15) is 0 Å².